The highest BCUT2D eigenvalue weighted by atomic mass is 32.2. The fourth-order valence-electron chi connectivity index (χ4n) is 3.41. The van der Waals surface area contributed by atoms with E-state index in [0.29, 0.717) is 27.5 Å². The minimum atomic E-state index is -3.88. The van der Waals surface area contributed by atoms with Crippen molar-refractivity contribution in [3.8, 4) is 0 Å². The van der Waals surface area contributed by atoms with Crippen LogP contribution in [0.15, 0.2) is 71.6 Å². The maximum Gasteiger partial charge on any atom is 0.263 e. The van der Waals surface area contributed by atoms with E-state index in [1.54, 1.807) is 30.3 Å². The molecule has 132 valence electrons. The second-order valence-corrected chi connectivity index (χ2v) is 7.94. The van der Waals surface area contributed by atoms with Crippen LogP contribution < -0.4 is 10.0 Å². The Morgan fingerprint density at radius 2 is 1.74 bits per heavy atom. The molecule has 0 aliphatic carbocycles. The molecule has 2 heterocycles. The van der Waals surface area contributed by atoms with E-state index in [4.69, 9.17) is 0 Å². The van der Waals surface area contributed by atoms with Gasteiger partial charge >= 0.3 is 0 Å². The van der Waals surface area contributed by atoms with Crippen molar-refractivity contribution in [2.45, 2.75) is 4.90 Å². The van der Waals surface area contributed by atoms with Gasteiger partial charge in [0, 0.05) is 27.4 Å². The van der Waals surface area contributed by atoms with E-state index in [1.165, 1.54) is 6.07 Å². The minimum Gasteiger partial charge on any atom is -0.321 e. The van der Waals surface area contributed by atoms with Gasteiger partial charge in [0.25, 0.3) is 15.9 Å². The Kier molecular flexibility index (Phi) is 3.23. The van der Waals surface area contributed by atoms with Gasteiger partial charge in [-0.1, -0.05) is 30.3 Å². The van der Waals surface area contributed by atoms with Gasteiger partial charge in [-0.2, -0.15) is 0 Å². The molecule has 0 fully saturated rings. The van der Waals surface area contributed by atoms with Crippen molar-refractivity contribution in [3.05, 3.63) is 72.3 Å². The highest BCUT2D eigenvalue weighted by Crippen LogP contribution is 2.36. The number of hydrogen-bond acceptors (Lipinski definition) is 4. The topological polar surface area (TPSA) is 88.2 Å². The number of nitrogens with one attached hydrogen (secondary N) is 2. The zero-order valence-electron chi connectivity index (χ0n) is 13.9. The summed E-state index contributed by atoms with van der Waals surface area (Å²) in [6.45, 7) is 0. The molecular weight excluding hydrogens is 362 g/mol. The second-order valence-electron chi connectivity index (χ2n) is 6.29. The SMILES string of the molecule is O=C1Nc2ccc(S(=O)(=O)Nc3ccc4ccccc4n3)c3cccc1c23. The third-order valence-electron chi connectivity index (χ3n) is 4.62. The summed E-state index contributed by atoms with van der Waals surface area (Å²) in [7, 11) is -3.88. The Bertz CT molecular complexity index is 1360. The first kappa shape index (κ1) is 15.8. The van der Waals surface area contributed by atoms with Crippen LogP contribution in [0, 0.1) is 0 Å². The van der Waals surface area contributed by atoms with E-state index in [-0.39, 0.29) is 16.6 Å². The van der Waals surface area contributed by atoms with Crippen LogP contribution in [0.25, 0.3) is 21.7 Å². The van der Waals surface area contributed by atoms with Crippen LogP contribution in [0.1, 0.15) is 10.4 Å². The number of sulfonamides is 1. The van der Waals surface area contributed by atoms with Crippen LogP contribution in [0.4, 0.5) is 11.5 Å². The number of para-hydroxylation sites is 1. The minimum absolute atomic E-state index is 0.106. The number of fused-ring (bicyclic) bond motifs is 1. The summed E-state index contributed by atoms with van der Waals surface area (Å²) in [5.74, 6) is 0.0143. The molecule has 0 spiro atoms. The third-order valence-corrected chi connectivity index (χ3v) is 6.03. The number of carbonyl (C=O) groups excluding carboxylic acids is 1. The molecule has 1 amide bonds. The summed E-state index contributed by atoms with van der Waals surface area (Å²) < 4.78 is 28.6. The Morgan fingerprint density at radius 1 is 0.889 bits per heavy atom. The third kappa shape index (κ3) is 2.43. The molecule has 0 unspecified atom stereocenters. The predicted octanol–water partition coefficient (Wildman–Crippen LogP) is 3.75. The molecule has 0 atom stereocenters. The lowest BCUT2D eigenvalue weighted by atomic mass is 10.1. The van der Waals surface area contributed by atoms with Gasteiger partial charge in [0.2, 0.25) is 0 Å². The number of anilines is 2. The van der Waals surface area contributed by atoms with Crippen molar-refractivity contribution in [3.63, 3.8) is 0 Å². The molecule has 27 heavy (non-hydrogen) atoms. The molecule has 3 aromatic carbocycles. The maximum atomic E-state index is 13.0. The molecular formula is C20H13N3O3S. The first-order valence-electron chi connectivity index (χ1n) is 8.29. The quantitative estimate of drug-likeness (QED) is 0.571. The number of hydrogen-bond donors (Lipinski definition) is 2. The van der Waals surface area contributed by atoms with E-state index in [2.05, 4.69) is 15.0 Å². The van der Waals surface area contributed by atoms with Crippen LogP contribution in [0.5, 0.6) is 0 Å². The maximum absolute atomic E-state index is 13.0. The molecule has 1 aliphatic rings. The Hall–Kier alpha value is -3.45. The van der Waals surface area contributed by atoms with Gasteiger partial charge in [-0.3, -0.25) is 9.52 Å². The molecule has 6 nitrogen and oxygen atoms in total. The van der Waals surface area contributed by atoms with Gasteiger partial charge in [0.05, 0.1) is 10.4 Å². The number of benzene rings is 3. The zero-order valence-corrected chi connectivity index (χ0v) is 14.7. The Labute approximate surface area is 154 Å². The summed E-state index contributed by atoms with van der Waals surface area (Å²) in [5.41, 5.74) is 1.80. The van der Waals surface area contributed by atoms with E-state index in [1.807, 2.05) is 30.3 Å². The molecule has 7 heteroatoms. The standard InChI is InChI=1S/C20H13N3O3S/c24-20-14-6-3-5-13-17(10-9-16(22-20)19(13)14)27(25,26)23-18-11-8-12-4-1-2-7-15(12)21-18/h1-11H,(H,21,23)(H,22,24). The highest BCUT2D eigenvalue weighted by Gasteiger charge is 2.26. The summed E-state index contributed by atoms with van der Waals surface area (Å²) in [5, 5.41) is 4.80. The number of carbonyl (C=O) groups is 1. The second kappa shape index (κ2) is 5.52. The summed E-state index contributed by atoms with van der Waals surface area (Å²) in [6, 6.07) is 19.1. The Morgan fingerprint density at radius 3 is 2.63 bits per heavy atom. The fourth-order valence-corrected chi connectivity index (χ4v) is 4.62. The molecule has 1 aliphatic heterocycles. The van der Waals surface area contributed by atoms with E-state index >= 15 is 0 Å². The first-order chi connectivity index (χ1) is 13.0. The van der Waals surface area contributed by atoms with E-state index in [9.17, 15) is 13.2 Å². The number of rotatable bonds is 3. The zero-order chi connectivity index (χ0) is 18.6. The average molecular weight is 375 g/mol. The molecule has 0 saturated heterocycles. The van der Waals surface area contributed by atoms with Gasteiger partial charge in [-0.15, -0.1) is 0 Å². The van der Waals surface area contributed by atoms with E-state index in [0.717, 1.165) is 5.39 Å². The lowest BCUT2D eigenvalue weighted by Crippen LogP contribution is -2.14. The van der Waals surface area contributed by atoms with Crippen molar-refractivity contribution >= 4 is 49.1 Å². The largest absolute Gasteiger partial charge is 0.321 e. The molecule has 0 radical (unpaired) electrons. The fraction of sp³-hybridized carbons (Fsp3) is 0. The lowest BCUT2D eigenvalue weighted by Gasteiger charge is -2.11. The van der Waals surface area contributed by atoms with Crippen LogP contribution in [0.3, 0.4) is 0 Å². The van der Waals surface area contributed by atoms with Gasteiger partial charge in [0.15, 0.2) is 0 Å². The number of nitrogens with zero attached hydrogens (tertiary/aromatic N) is 1. The van der Waals surface area contributed by atoms with Crippen molar-refractivity contribution in [2.24, 2.45) is 0 Å². The van der Waals surface area contributed by atoms with Crippen LogP contribution >= 0.6 is 0 Å². The first-order valence-corrected chi connectivity index (χ1v) is 9.77. The van der Waals surface area contributed by atoms with Crippen molar-refractivity contribution < 1.29 is 13.2 Å². The van der Waals surface area contributed by atoms with Crippen LogP contribution in [-0.4, -0.2) is 19.3 Å². The van der Waals surface area contributed by atoms with Gasteiger partial charge in [0.1, 0.15) is 5.82 Å². The lowest BCUT2D eigenvalue weighted by molar-refractivity contribution is 0.103. The number of amides is 1. The normalized spacial score (nSPS) is 13.1. The molecule has 2 N–H and O–H groups in total. The highest BCUT2D eigenvalue weighted by molar-refractivity contribution is 7.93. The van der Waals surface area contributed by atoms with Gasteiger partial charge in [-0.05, 0) is 36.4 Å². The average Bonchev–Trinajstić information content (AvgIpc) is 2.99. The van der Waals surface area contributed by atoms with Crippen molar-refractivity contribution in [1.82, 2.24) is 4.98 Å². The smallest absolute Gasteiger partial charge is 0.263 e. The van der Waals surface area contributed by atoms with Crippen molar-refractivity contribution in [2.75, 3.05) is 10.0 Å². The molecule has 5 rings (SSSR count). The summed E-state index contributed by atoms with van der Waals surface area (Å²) in [4.78, 5) is 16.5. The monoisotopic (exact) mass is 375 g/mol. The van der Waals surface area contributed by atoms with E-state index < -0.39 is 10.0 Å². The predicted molar refractivity (Wildman–Crippen MR) is 104 cm³/mol. The summed E-state index contributed by atoms with van der Waals surface area (Å²) in [6.07, 6.45) is 0. The molecule has 0 saturated carbocycles. The van der Waals surface area contributed by atoms with Crippen LogP contribution in [-0.2, 0) is 10.0 Å². The molecule has 1 aromatic heterocycles. The van der Waals surface area contributed by atoms with Crippen molar-refractivity contribution in [1.29, 1.82) is 0 Å². The Balaban J connectivity index is 1.63. The number of aromatic nitrogens is 1. The molecule has 0 bridgehead atoms. The van der Waals surface area contributed by atoms with Crippen LogP contribution in [0.2, 0.25) is 0 Å². The number of pyridine rings is 1. The summed E-state index contributed by atoms with van der Waals surface area (Å²) >= 11 is 0. The van der Waals surface area contributed by atoms with Gasteiger partial charge in [-0.25, -0.2) is 13.4 Å². The van der Waals surface area contributed by atoms with Gasteiger partial charge < -0.3 is 5.32 Å². The molecule has 4 aromatic rings.